The van der Waals surface area contributed by atoms with Crippen LogP contribution in [0, 0.1) is 12.8 Å². The summed E-state index contributed by atoms with van der Waals surface area (Å²) < 4.78 is 1.19. The van der Waals surface area contributed by atoms with Crippen LogP contribution in [0.4, 0.5) is 5.69 Å². The summed E-state index contributed by atoms with van der Waals surface area (Å²) >= 11 is 3.56. The van der Waals surface area contributed by atoms with E-state index in [1.54, 1.807) is 0 Å². The largest absolute Gasteiger partial charge is 0.375 e. The molecule has 3 heteroatoms. The maximum atomic E-state index is 3.56. The van der Waals surface area contributed by atoms with E-state index in [1.165, 1.54) is 54.5 Å². The van der Waals surface area contributed by atoms with Crippen molar-refractivity contribution >= 4 is 21.6 Å². The van der Waals surface area contributed by atoms with Crippen molar-refractivity contribution in [2.45, 2.75) is 32.6 Å². The molecule has 1 aromatic carbocycles. The first-order valence-electron chi connectivity index (χ1n) is 7.35. The number of hydrogen-bond acceptors (Lipinski definition) is 2. The fourth-order valence-electron chi connectivity index (χ4n) is 2.78. The topological polar surface area (TPSA) is 15.3 Å². The number of hydrogen-bond donors (Lipinski definition) is 1. The van der Waals surface area contributed by atoms with Gasteiger partial charge >= 0.3 is 0 Å². The van der Waals surface area contributed by atoms with Crippen molar-refractivity contribution in [1.29, 1.82) is 0 Å². The molecule has 0 amide bonds. The molecule has 0 bridgehead atoms. The number of halogens is 1. The summed E-state index contributed by atoms with van der Waals surface area (Å²) in [6, 6.07) is 6.60. The number of benzene rings is 1. The standard InChI is InChI=1S/C16H25BrN2/c1-13-12-15(5-6-16(13)17)19(2)11-3-4-14-7-9-18-10-8-14/h5-6,12,14,18H,3-4,7-11H2,1-2H3. The van der Waals surface area contributed by atoms with Crippen LogP contribution in [0.3, 0.4) is 0 Å². The fourth-order valence-corrected chi connectivity index (χ4v) is 3.03. The molecule has 0 radical (unpaired) electrons. The quantitative estimate of drug-likeness (QED) is 0.881. The molecule has 2 rings (SSSR count). The molecule has 0 unspecified atom stereocenters. The maximum Gasteiger partial charge on any atom is 0.0367 e. The highest BCUT2D eigenvalue weighted by molar-refractivity contribution is 9.10. The van der Waals surface area contributed by atoms with Crippen LogP contribution in [-0.2, 0) is 0 Å². The van der Waals surface area contributed by atoms with Crippen LogP contribution in [0.15, 0.2) is 22.7 Å². The molecule has 0 aliphatic carbocycles. The van der Waals surface area contributed by atoms with Crippen molar-refractivity contribution in [1.82, 2.24) is 5.32 Å². The Morgan fingerprint density at radius 3 is 2.74 bits per heavy atom. The Morgan fingerprint density at radius 1 is 1.32 bits per heavy atom. The van der Waals surface area contributed by atoms with Crippen molar-refractivity contribution in [3.05, 3.63) is 28.2 Å². The van der Waals surface area contributed by atoms with Gasteiger partial charge in [0.1, 0.15) is 0 Å². The molecule has 1 heterocycles. The van der Waals surface area contributed by atoms with E-state index in [9.17, 15) is 0 Å². The molecular weight excluding hydrogens is 300 g/mol. The fraction of sp³-hybridized carbons (Fsp3) is 0.625. The number of nitrogens with one attached hydrogen (secondary N) is 1. The summed E-state index contributed by atoms with van der Waals surface area (Å²) in [6.07, 6.45) is 5.40. The third-order valence-electron chi connectivity index (χ3n) is 4.15. The van der Waals surface area contributed by atoms with Crippen LogP contribution in [0.5, 0.6) is 0 Å². The Kier molecular flexibility index (Phi) is 5.71. The summed E-state index contributed by atoms with van der Waals surface area (Å²) in [6.45, 7) is 5.74. The number of nitrogens with zero attached hydrogens (tertiary/aromatic N) is 1. The van der Waals surface area contributed by atoms with Gasteiger partial charge in [0.05, 0.1) is 0 Å². The lowest BCUT2D eigenvalue weighted by molar-refractivity contribution is 0.348. The highest BCUT2D eigenvalue weighted by atomic mass is 79.9. The van der Waals surface area contributed by atoms with Gasteiger partial charge < -0.3 is 10.2 Å². The van der Waals surface area contributed by atoms with E-state index in [0.717, 1.165) is 12.5 Å². The third-order valence-corrected chi connectivity index (χ3v) is 5.04. The van der Waals surface area contributed by atoms with Gasteiger partial charge in [-0.3, -0.25) is 0 Å². The van der Waals surface area contributed by atoms with E-state index in [-0.39, 0.29) is 0 Å². The van der Waals surface area contributed by atoms with Gasteiger partial charge in [0.2, 0.25) is 0 Å². The number of anilines is 1. The second-order valence-electron chi connectivity index (χ2n) is 5.69. The Balaban J connectivity index is 1.76. The lowest BCUT2D eigenvalue weighted by atomic mass is 9.93. The van der Waals surface area contributed by atoms with E-state index in [0.29, 0.717) is 0 Å². The summed E-state index contributed by atoms with van der Waals surface area (Å²) in [4.78, 5) is 2.38. The zero-order valence-corrected chi connectivity index (χ0v) is 13.7. The highest BCUT2D eigenvalue weighted by Gasteiger charge is 2.12. The van der Waals surface area contributed by atoms with Crippen LogP contribution in [0.1, 0.15) is 31.2 Å². The van der Waals surface area contributed by atoms with Gasteiger partial charge in [-0.15, -0.1) is 0 Å². The van der Waals surface area contributed by atoms with Crippen molar-refractivity contribution in [3.63, 3.8) is 0 Å². The van der Waals surface area contributed by atoms with Crippen LogP contribution >= 0.6 is 15.9 Å². The SMILES string of the molecule is Cc1cc(N(C)CCCC2CCNCC2)ccc1Br. The molecule has 19 heavy (non-hydrogen) atoms. The molecule has 0 spiro atoms. The molecule has 1 N–H and O–H groups in total. The first-order chi connectivity index (χ1) is 9.16. The van der Waals surface area contributed by atoms with Gasteiger partial charge in [-0.1, -0.05) is 15.9 Å². The highest BCUT2D eigenvalue weighted by Crippen LogP contribution is 2.23. The van der Waals surface area contributed by atoms with Gasteiger partial charge in [0.15, 0.2) is 0 Å². The molecular formula is C16H25BrN2. The van der Waals surface area contributed by atoms with Crippen molar-refractivity contribution in [3.8, 4) is 0 Å². The lowest BCUT2D eigenvalue weighted by Gasteiger charge is -2.25. The molecule has 2 nitrogen and oxygen atoms in total. The number of aryl methyl sites for hydroxylation is 1. The molecule has 1 aliphatic rings. The number of rotatable bonds is 5. The normalized spacial score (nSPS) is 16.6. The third kappa shape index (κ3) is 4.50. The summed E-state index contributed by atoms with van der Waals surface area (Å²) in [5.41, 5.74) is 2.63. The molecule has 106 valence electrons. The van der Waals surface area contributed by atoms with Crippen molar-refractivity contribution in [2.24, 2.45) is 5.92 Å². The van der Waals surface area contributed by atoms with E-state index in [4.69, 9.17) is 0 Å². The molecule has 1 saturated heterocycles. The van der Waals surface area contributed by atoms with Crippen LogP contribution in [0.25, 0.3) is 0 Å². The van der Waals surface area contributed by atoms with Crippen LogP contribution in [0.2, 0.25) is 0 Å². The average molecular weight is 325 g/mol. The van der Waals surface area contributed by atoms with Crippen molar-refractivity contribution < 1.29 is 0 Å². The molecule has 1 fully saturated rings. The zero-order valence-electron chi connectivity index (χ0n) is 12.1. The second kappa shape index (κ2) is 7.30. The number of piperidine rings is 1. The summed E-state index contributed by atoms with van der Waals surface area (Å²) in [5.74, 6) is 0.946. The molecule has 0 atom stereocenters. The molecule has 0 saturated carbocycles. The molecule has 1 aliphatic heterocycles. The van der Waals surface area contributed by atoms with Crippen LogP contribution < -0.4 is 10.2 Å². The minimum absolute atomic E-state index is 0.946. The second-order valence-corrected chi connectivity index (χ2v) is 6.54. The van der Waals surface area contributed by atoms with E-state index < -0.39 is 0 Å². The Labute approximate surface area is 125 Å². The Hall–Kier alpha value is -0.540. The summed E-state index contributed by atoms with van der Waals surface area (Å²) in [7, 11) is 2.20. The predicted octanol–water partition coefficient (Wildman–Crippen LogP) is 3.97. The minimum Gasteiger partial charge on any atom is -0.375 e. The van der Waals surface area contributed by atoms with E-state index >= 15 is 0 Å². The first kappa shape index (κ1) is 14.9. The smallest absolute Gasteiger partial charge is 0.0367 e. The maximum absolute atomic E-state index is 3.56. The average Bonchev–Trinajstić information content (AvgIpc) is 2.43. The summed E-state index contributed by atoms with van der Waals surface area (Å²) in [5, 5.41) is 3.44. The first-order valence-corrected chi connectivity index (χ1v) is 8.14. The van der Waals surface area contributed by atoms with Gasteiger partial charge in [0.25, 0.3) is 0 Å². The van der Waals surface area contributed by atoms with Gasteiger partial charge in [-0.2, -0.15) is 0 Å². The Bertz CT molecular complexity index is 400. The Morgan fingerprint density at radius 2 is 2.05 bits per heavy atom. The van der Waals surface area contributed by atoms with E-state index in [2.05, 4.69) is 58.3 Å². The van der Waals surface area contributed by atoms with Crippen molar-refractivity contribution in [2.75, 3.05) is 31.6 Å². The monoisotopic (exact) mass is 324 g/mol. The zero-order chi connectivity index (χ0) is 13.7. The van der Waals surface area contributed by atoms with Gasteiger partial charge in [-0.05, 0) is 75.4 Å². The lowest BCUT2D eigenvalue weighted by Crippen LogP contribution is -2.28. The molecule has 1 aromatic rings. The van der Waals surface area contributed by atoms with Crippen LogP contribution in [-0.4, -0.2) is 26.7 Å². The van der Waals surface area contributed by atoms with Gasteiger partial charge in [0, 0.05) is 23.8 Å². The molecule has 0 aromatic heterocycles. The minimum atomic E-state index is 0.946. The predicted molar refractivity (Wildman–Crippen MR) is 87.0 cm³/mol. The van der Waals surface area contributed by atoms with E-state index in [1.807, 2.05) is 0 Å². The van der Waals surface area contributed by atoms with Gasteiger partial charge in [-0.25, -0.2) is 0 Å².